The van der Waals surface area contributed by atoms with Gasteiger partial charge in [0.1, 0.15) is 5.82 Å². The molecule has 0 spiro atoms. The molecular weight excluding hydrogens is 227 g/mol. The highest BCUT2D eigenvalue weighted by Gasteiger charge is 2.15. The van der Waals surface area contributed by atoms with Crippen molar-refractivity contribution in [2.45, 2.75) is 20.3 Å². The van der Waals surface area contributed by atoms with Crippen LogP contribution in [0.25, 0.3) is 0 Å². The molecule has 1 amide bonds. The molecule has 0 unspecified atom stereocenters. The Balaban J connectivity index is 2.94. The molecule has 5 nitrogen and oxygen atoms in total. The van der Waals surface area contributed by atoms with Crippen LogP contribution in [0.5, 0.6) is 0 Å². The van der Waals surface area contributed by atoms with Gasteiger partial charge in [-0.2, -0.15) is 0 Å². The van der Waals surface area contributed by atoms with E-state index in [0.717, 1.165) is 18.2 Å². The summed E-state index contributed by atoms with van der Waals surface area (Å²) in [5.74, 6) is -1.31. The minimum Gasteiger partial charge on any atom is -0.323 e. The molecule has 0 fully saturated rings. The van der Waals surface area contributed by atoms with Crippen molar-refractivity contribution in [3.8, 4) is 0 Å². The number of nitrogens with zero attached hydrogens (tertiary/aromatic N) is 1. The largest absolute Gasteiger partial charge is 0.323 e. The van der Waals surface area contributed by atoms with Gasteiger partial charge >= 0.3 is 0 Å². The second-order valence-corrected chi connectivity index (χ2v) is 3.72. The molecule has 0 heterocycles. The highest BCUT2D eigenvalue weighted by molar-refractivity contribution is 5.92. The smallest absolute Gasteiger partial charge is 0.271 e. The molecule has 1 rings (SSSR count). The normalized spacial score (nSPS) is 11.9. The lowest BCUT2D eigenvalue weighted by Gasteiger charge is -2.10. The molecule has 0 aliphatic heterocycles. The van der Waals surface area contributed by atoms with Crippen molar-refractivity contribution in [3.05, 3.63) is 34.1 Å². The van der Waals surface area contributed by atoms with Crippen LogP contribution in [0.2, 0.25) is 0 Å². The number of nitro benzene ring substituents is 1. The number of anilines is 1. The third-order valence-electron chi connectivity index (χ3n) is 2.48. The molecule has 0 radical (unpaired) electrons. The summed E-state index contributed by atoms with van der Waals surface area (Å²) < 4.78 is 13.3. The number of hydrogen-bond donors (Lipinski definition) is 1. The van der Waals surface area contributed by atoms with Gasteiger partial charge in [0.2, 0.25) is 5.91 Å². The Kier molecular flexibility index (Phi) is 4.14. The average Bonchev–Trinajstić information content (AvgIpc) is 2.30. The van der Waals surface area contributed by atoms with Gasteiger partial charge in [0.25, 0.3) is 5.69 Å². The number of nitro groups is 1. The van der Waals surface area contributed by atoms with Crippen molar-refractivity contribution in [2.75, 3.05) is 5.32 Å². The molecule has 1 atom stereocenters. The number of hydrogen-bond acceptors (Lipinski definition) is 3. The Hall–Kier alpha value is -1.98. The molecule has 0 saturated carbocycles. The predicted molar refractivity (Wildman–Crippen MR) is 61.1 cm³/mol. The lowest BCUT2D eigenvalue weighted by Crippen LogP contribution is -2.20. The van der Waals surface area contributed by atoms with Crippen molar-refractivity contribution >= 4 is 17.3 Å². The van der Waals surface area contributed by atoms with Gasteiger partial charge in [-0.25, -0.2) is 4.39 Å². The van der Waals surface area contributed by atoms with E-state index in [9.17, 15) is 19.3 Å². The van der Waals surface area contributed by atoms with E-state index in [1.165, 1.54) is 0 Å². The first kappa shape index (κ1) is 13.1. The summed E-state index contributed by atoms with van der Waals surface area (Å²) in [6.45, 7) is 3.53. The summed E-state index contributed by atoms with van der Waals surface area (Å²) in [7, 11) is 0. The topological polar surface area (TPSA) is 72.2 Å². The summed E-state index contributed by atoms with van der Waals surface area (Å²) in [6.07, 6.45) is 0.613. The van der Waals surface area contributed by atoms with Crippen molar-refractivity contribution in [1.82, 2.24) is 0 Å². The molecule has 0 aromatic heterocycles. The van der Waals surface area contributed by atoms with Gasteiger partial charge in [-0.1, -0.05) is 13.8 Å². The SMILES string of the molecule is CC[C@@H](C)C(=O)Nc1cc([N+](=O)[O-])ccc1F. The standard InChI is InChI=1S/C11H13FN2O3/c1-3-7(2)11(15)13-10-6-8(14(16)17)4-5-9(10)12/h4-7H,3H2,1-2H3,(H,13,15)/t7-/m1/s1. The number of benzene rings is 1. The number of nitrogens with one attached hydrogen (secondary N) is 1. The molecule has 92 valence electrons. The van der Waals surface area contributed by atoms with Crippen LogP contribution in [0.4, 0.5) is 15.8 Å². The number of halogens is 1. The zero-order valence-electron chi connectivity index (χ0n) is 9.57. The van der Waals surface area contributed by atoms with E-state index in [4.69, 9.17) is 0 Å². The van der Waals surface area contributed by atoms with Crippen LogP contribution in [-0.4, -0.2) is 10.8 Å². The van der Waals surface area contributed by atoms with Crippen LogP contribution >= 0.6 is 0 Å². The van der Waals surface area contributed by atoms with Crippen molar-refractivity contribution in [2.24, 2.45) is 5.92 Å². The van der Waals surface area contributed by atoms with Gasteiger partial charge in [-0.3, -0.25) is 14.9 Å². The van der Waals surface area contributed by atoms with Gasteiger partial charge < -0.3 is 5.32 Å². The third kappa shape index (κ3) is 3.24. The number of carbonyl (C=O) groups is 1. The first-order valence-electron chi connectivity index (χ1n) is 5.20. The molecular formula is C11H13FN2O3. The van der Waals surface area contributed by atoms with E-state index in [-0.39, 0.29) is 23.2 Å². The Labute approximate surface area is 97.8 Å². The molecule has 1 aromatic rings. The quantitative estimate of drug-likeness (QED) is 0.649. The second kappa shape index (κ2) is 5.38. The minimum absolute atomic E-state index is 0.162. The van der Waals surface area contributed by atoms with Crippen molar-refractivity contribution in [3.63, 3.8) is 0 Å². The monoisotopic (exact) mass is 240 g/mol. The third-order valence-corrected chi connectivity index (χ3v) is 2.48. The maximum Gasteiger partial charge on any atom is 0.271 e. The maximum absolute atomic E-state index is 13.3. The van der Waals surface area contributed by atoms with Gasteiger partial charge in [0.15, 0.2) is 0 Å². The highest BCUT2D eigenvalue weighted by Crippen LogP contribution is 2.21. The average molecular weight is 240 g/mol. The number of rotatable bonds is 4. The van der Waals surface area contributed by atoms with Crippen molar-refractivity contribution < 1.29 is 14.1 Å². The molecule has 17 heavy (non-hydrogen) atoms. The minimum atomic E-state index is -0.688. The molecule has 6 heteroatoms. The lowest BCUT2D eigenvalue weighted by atomic mass is 10.1. The fourth-order valence-electron chi connectivity index (χ4n) is 1.16. The van der Waals surface area contributed by atoms with E-state index < -0.39 is 10.7 Å². The van der Waals surface area contributed by atoms with E-state index in [1.807, 2.05) is 6.92 Å². The highest BCUT2D eigenvalue weighted by atomic mass is 19.1. The predicted octanol–water partition coefficient (Wildman–Crippen LogP) is 2.72. The van der Waals surface area contributed by atoms with Crippen molar-refractivity contribution in [1.29, 1.82) is 0 Å². The lowest BCUT2D eigenvalue weighted by molar-refractivity contribution is -0.384. The Bertz CT molecular complexity index is 448. The van der Waals surface area contributed by atoms with Crippen LogP contribution in [0, 0.1) is 21.8 Å². The first-order valence-corrected chi connectivity index (χ1v) is 5.20. The van der Waals surface area contributed by atoms with Crippen LogP contribution < -0.4 is 5.32 Å². The Morgan fingerprint density at radius 1 is 1.59 bits per heavy atom. The van der Waals surface area contributed by atoms with E-state index in [1.54, 1.807) is 6.92 Å². The Morgan fingerprint density at radius 2 is 2.24 bits per heavy atom. The zero-order chi connectivity index (χ0) is 13.0. The molecule has 0 saturated heterocycles. The fraction of sp³-hybridized carbons (Fsp3) is 0.364. The van der Waals surface area contributed by atoms with E-state index >= 15 is 0 Å². The molecule has 1 aromatic carbocycles. The summed E-state index contributed by atoms with van der Waals surface area (Å²) in [5.41, 5.74) is -0.421. The number of amides is 1. The van der Waals surface area contributed by atoms with Crippen LogP contribution in [0.1, 0.15) is 20.3 Å². The summed E-state index contributed by atoms with van der Waals surface area (Å²) in [5, 5.41) is 12.8. The Morgan fingerprint density at radius 3 is 2.76 bits per heavy atom. The molecule has 0 aliphatic carbocycles. The molecule has 0 aliphatic rings. The number of non-ortho nitro benzene ring substituents is 1. The fourth-order valence-corrected chi connectivity index (χ4v) is 1.16. The first-order chi connectivity index (χ1) is 7.95. The second-order valence-electron chi connectivity index (χ2n) is 3.72. The van der Waals surface area contributed by atoms with E-state index in [2.05, 4.69) is 5.32 Å². The van der Waals surface area contributed by atoms with Gasteiger partial charge in [0, 0.05) is 18.1 Å². The summed E-state index contributed by atoms with van der Waals surface area (Å²) >= 11 is 0. The molecule has 1 N–H and O–H groups in total. The molecule has 0 bridgehead atoms. The van der Waals surface area contributed by atoms with E-state index in [0.29, 0.717) is 6.42 Å². The van der Waals surface area contributed by atoms with Crippen LogP contribution in [0.15, 0.2) is 18.2 Å². The van der Waals surface area contributed by atoms with Gasteiger partial charge in [-0.15, -0.1) is 0 Å². The van der Waals surface area contributed by atoms with Gasteiger partial charge in [0.05, 0.1) is 10.6 Å². The summed E-state index contributed by atoms with van der Waals surface area (Å²) in [6, 6.07) is 3.02. The maximum atomic E-state index is 13.3. The number of carbonyl (C=O) groups excluding carboxylic acids is 1. The van der Waals surface area contributed by atoms with Gasteiger partial charge in [-0.05, 0) is 12.5 Å². The van der Waals surface area contributed by atoms with Crippen LogP contribution in [0.3, 0.4) is 0 Å². The van der Waals surface area contributed by atoms with Crippen LogP contribution in [-0.2, 0) is 4.79 Å². The summed E-state index contributed by atoms with van der Waals surface area (Å²) in [4.78, 5) is 21.4. The zero-order valence-corrected chi connectivity index (χ0v) is 9.57.